The van der Waals surface area contributed by atoms with Gasteiger partial charge in [-0.1, -0.05) is 24.3 Å². The molecule has 0 aliphatic heterocycles. The number of ether oxygens (including phenoxy) is 3. The summed E-state index contributed by atoms with van der Waals surface area (Å²) in [5, 5.41) is 10.8. The fourth-order valence-corrected chi connectivity index (χ4v) is 4.04. The summed E-state index contributed by atoms with van der Waals surface area (Å²) in [4.78, 5) is 36.8. The zero-order valence-electron chi connectivity index (χ0n) is 19.8. The van der Waals surface area contributed by atoms with Crippen molar-refractivity contribution < 1.29 is 28.2 Å². The topological polar surface area (TPSA) is 135 Å². The van der Waals surface area contributed by atoms with Crippen LogP contribution >= 0.6 is 11.8 Å². The molecule has 0 bridgehead atoms. The summed E-state index contributed by atoms with van der Waals surface area (Å²) in [5.74, 6) is -0.344. The van der Waals surface area contributed by atoms with Gasteiger partial charge in [0.05, 0.1) is 51.3 Å². The number of amides is 1. The number of carbonyl (C=O) groups is 2. The zero-order chi connectivity index (χ0) is 25.2. The molecule has 0 fully saturated rings. The summed E-state index contributed by atoms with van der Waals surface area (Å²) in [6, 6.07) is 6.83. The van der Waals surface area contributed by atoms with Gasteiger partial charge in [-0.25, -0.2) is 9.48 Å². The Morgan fingerprint density at radius 2 is 2.03 bits per heavy atom. The van der Waals surface area contributed by atoms with Crippen molar-refractivity contribution in [3.05, 3.63) is 40.9 Å². The number of aromatic nitrogens is 3. The summed E-state index contributed by atoms with van der Waals surface area (Å²) in [5.41, 5.74) is 0.990. The highest BCUT2D eigenvalue weighted by molar-refractivity contribution is 8.00. The first-order valence-corrected chi connectivity index (χ1v) is 12.0. The van der Waals surface area contributed by atoms with Crippen LogP contribution < -0.4 is 10.9 Å². The monoisotopic (exact) mass is 504 g/mol. The summed E-state index contributed by atoms with van der Waals surface area (Å²) < 4.78 is 22.1. The Morgan fingerprint density at radius 3 is 2.77 bits per heavy atom. The third kappa shape index (κ3) is 7.38. The number of nitrogens with one attached hydrogen (secondary N) is 1. The number of methoxy groups -OCH3 is 2. The molecule has 3 rings (SSSR count). The molecule has 0 spiro atoms. The van der Waals surface area contributed by atoms with Gasteiger partial charge in [-0.2, -0.15) is 0 Å². The van der Waals surface area contributed by atoms with Crippen LogP contribution in [0.15, 0.2) is 39.7 Å². The lowest BCUT2D eigenvalue weighted by Crippen LogP contribution is -2.30. The van der Waals surface area contributed by atoms with Gasteiger partial charge in [0.1, 0.15) is 17.0 Å². The second-order valence-electron chi connectivity index (χ2n) is 7.39. The van der Waals surface area contributed by atoms with E-state index in [9.17, 15) is 14.4 Å². The highest BCUT2D eigenvalue weighted by Gasteiger charge is 2.23. The maximum atomic E-state index is 12.7. The second kappa shape index (κ2) is 13.0. The maximum absolute atomic E-state index is 12.7. The summed E-state index contributed by atoms with van der Waals surface area (Å²) >= 11 is 1.29. The van der Waals surface area contributed by atoms with Crippen molar-refractivity contribution >= 4 is 40.3 Å². The smallest absolute Gasteiger partial charge is 0.360 e. The van der Waals surface area contributed by atoms with Gasteiger partial charge < -0.3 is 23.9 Å². The summed E-state index contributed by atoms with van der Waals surface area (Å²) in [6.07, 6.45) is 1.68. The van der Waals surface area contributed by atoms with E-state index < -0.39 is 22.8 Å². The fourth-order valence-electron chi connectivity index (χ4n) is 3.18. The molecule has 0 aliphatic carbocycles. The number of anilines is 1. The highest BCUT2D eigenvalue weighted by Crippen LogP contribution is 2.24. The molecule has 12 heteroatoms. The van der Waals surface area contributed by atoms with Crippen LogP contribution in [-0.4, -0.2) is 71.9 Å². The van der Waals surface area contributed by atoms with Crippen molar-refractivity contribution in [3.63, 3.8) is 0 Å². The number of carbonyl (C=O) groups excluding carboxylic acids is 2. The normalized spacial score (nSPS) is 12.0. The molecule has 3 aromatic rings. The molecule has 35 heavy (non-hydrogen) atoms. The van der Waals surface area contributed by atoms with Crippen LogP contribution in [0.1, 0.15) is 13.3 Å². The minimum absolute atomic E-state index is 0.00114. The number of fused-ring (bicyclic) bond motifs is 1. The molecule has 1 aromatic carbocycles. The maximum Gasteiger partial charge on any atom is 0.360 e. The Bertz CT molecular complexity index is 1210. The van der Waals surface area contributed by atoms with Gasteiger partial charge in [-0.05, 0) is 17.9 Å². The van der Waals surface area contributed by atoms with Crippen LogP contribution in [0.4, 0.5) is 5.69 Å². The van der Waals surface area contributed by atoms with E-state index in [1.165, 1.54) is 18.9 Å². The van der Waals surface area contributed by atoms with Crippen molar-refractivity contribution in [3.8, 4) is 11.3 Å². The first-order chi connectivity index (χ1) is 16.9. The van der Waals surface area contributed by atoms with Crippen LogP contribution in [0.5, 0.6) is 0 Å². The van der Waals surface area contributed by atoms with Gasteiger partial charge in [-0.15, -0.1) is 16.9 Å². The zero-order valence-corrected chi connectivity index (χ0v) is 20.6. The van der Waals surface area contributed by atoms with Crippen molar-refractivity contribution in [2.75, 3.05) is 45.1 Å². The molecule has 188 valence electrons. The SMILES string of the molecule is CCSC(CC(=O)OC)C(=O)Nc1cc2ccc(-c3cn(CCOCCOC)nn3)cc2oc1=O. The number of hydrogen-bond donors (Lipinski definition) is 1. The van der Waals surface area contributed by atoms with E-state index in [4.69, 9.17) is 13.9 Å². The molecule has 1 N–H and O–H groups in total. The van der Waals surface area contributed by atoms with Crippen molar-refractivity contribution in [2.24, 2.45) is 0 Å². The Kier molecular flexibility index (Phi) is 9.82. The van der Waals surface area contributed by atoms with Crippen molar-refractivity contribution in [1.29, 1.82) is 0 Å². The highest BCUT2D eigenvalue weighted by atomic mass is 32.2. The molecule has 0 saturated carbocycles. The molecule has 0 saturated heterocycles. The van der Waals surface area contributed by atoms with Crippen LogP contribution in [0.25, 0.3) is 22.2 Å². The number of hydrogen-bond acceptors (Lipinski definition) is 10. The van der Waals surface area contributed by atoms with Gasteiger partial charge in [-0.3, -0.25) is 9.59 Å². The van der Waals surface area contributed by atoms with Crippen LogP contribution in [-0.2, 0) is 30.3 Å². The first kappa shape index (κ1) is 26.4. The van der Waals surface area contributed by atoms with E-state index >= 15 is 0 Å². The number of rotatable bonds is 13. The molecular formula is C23H28N4O7S. The molecule has 1 atom stereocenters. The quantitative estimate of drug-likeness (QED) is 0.210. The Labute approximate surface area is 206 Å². The van der Waals surface area contributed by atoms with Gasteiger partial charge in [0.15, 0.2) is 0 Å². The van der Waals surface area contributed by atoms with Gasteiger partial charge in [0.25, 0.3) is 0 Å². The standard InChI is InChI=1S/C23H28N4O7S/c1-4-35-20(13-21(28)32-3)22(29)24-17-11-16-6-5-15(12-19(16)34-23(17)30)18-14-27(26-25-18)7-8-33-10-9-31-2/h5-6,11-12,14,20H,4,7-10,13H2,1-3H3,(H,24,29). The fraction of sp³-hybridized carbons (Fsp3) is 0.435. The van der Waals surface area contributed by atoms with E-state index in [1.54, 1.807) is 36.2 Å². The Hall–Kier alpha value is -3.22. The first-order valence-electron chi connectivity index (χ1n) is 11.0. The van der Waals surface area contributed by atoms with Crippen LogP contribution in [0.2, 0.25) is 0 Å². The van der Waals surface area contributed by atoms with E-state index in [0.29, 0.717) is 48.8 Å². The number of thioether (sulfide) groups is 1. The molecule has 0 aliphatic rings. The summed E-state index contributed by atoms with van der Waals surface area (Å²) in [7, 11) is 2.88. The molecule has 0 radical (unpaired) electrons. The minimum Gasteiger partial charge on any atom is -0.469 e. The third-order valence-corrected chi connectivity index (χ3v) is 6.08. The third-order valence-electron chi connectivity index (χ3n) is 4.96. The average molecular weight is 505 g/mol. The Balaban J connectivity index is 1.72. The molecule has 11 nitrogen and oxygen atoms in total. The number of esters is 1. The van der Waals surface area contributed by atoms with Crippen molar-refractivity contribution in [2.45, 2.75) is 25.1 Å². The second-order valence-corrected chi connectivity index (χ2v) is 8.87. The molecule has 1 amide bonds. The average Bonchev–Trinajstić information content (AvgIpc) is 3.32. The molecule has 2 heterocycles. The van der Waals surface area contributed by atoms with Gasteiger partial charge in [0.2, 0.25) is 5.91 Å². The van der Waals surface area contributed by atoms with E-state index in [2.05, 4.69) is 20.4 Å². The minimum atomic E-state index is -0.696. The van der Waals surface area contributed by atoms with E-state index in [-0.39, 0.29) is 12.1 Å². The molecule has 1 unspecified atom stereocenters. The lowest BCUT2D eigenvalue weighted by atomic mass is 10.1. The lowest BCUT2D eigenvalue weighted by Gasteiger charge is -2.14. The lowest BCUT2D eigenvalue weighted by molar-refractivity contribution is -0.141. The van der Waals surface area contributed by atoms with Crippen molar-refractivity contribution in [1.82, 2.24) is 15.0 Å². The van der Waals surface area contributed by atoms with Crippen LogP contribution in [0, 0.1) is 0 Å². The number of nitrogens with zero attached hydrogens (tertiary/aromatic N) is 3. The molecule has 2 aromatic heterocycles. The van der Waals surface area contributed by atoms with Gasteiger partial charge >= 0.3 is 11.6 Å². The predicted octanol–water partition coefficient (Wildman–Crippen LogP) is 2.34. The van der Waals surface area contributed by atoms with E-state index in [0.717, 1.165) is 5.56 Å². The van der Waals surface area contributed by atoms with Gasteiger partial charge in [0, 0.05) is 18.1 Å². The Morgan fingerprint density at radius 1 is 1.20 bits per heavy atom. The molecular weight excluding hydrogens is 476 g/mol. The largest absolute Gasteiger partial charge is 0.469 e. The van der Waals surface area contributed by atoms with Crippen LogP contribution in [0.3, 0.4) is 0 Å². The van der Waals surface area contributed by atoms with E-state index in [1.807, 2.05) is 13.0 Å². The summed E-state index contributed by atoms with van der Waals surface area (Å²) in [6.45, 7) is 3.93. The predicted molar refractivity (Wildman–Crippen MR) is 131 cm³/mol. The number of benzene rings is 1.